The fraction of sp³-hybridized carbons (Fsp3) is 0.125. The second-order valence-corrected chi connectivity index (χ2v) is 4.28. The monoisotopic (exact) mass is 222 g/mol. The Bertz CT molecular complexity index is 670. The van der Waals surface area contributed by atoms with E-state index in [1.165, 1.54) is 27.1 Å². The lowest BCUT2D eigenvalue weighted by molar-refractivity contribution is 0.300. The van der Waals surface area contributed by atoms with Crippen LogP contribution in [0.1, 0.15) is 5.56 Å². The molecule has 3 aromatic rings. The first-order chi connectivity index (χ1) is 8.40. The number of aliphatic hydroxyl groups excluding tert-OH is 1. The minimum Gasteiger partial charge on any atom is -0.396 e. The van der Waals surface area contributed by atoms with Gasteiger partial charge in [0.15, 0.2) is 0 Å². The van der Waals surface area contributed by atoms with Crippen LogP contribution in [0.4, 0.5) is 0 Å². The van der Waals surface area contributed by atoms with E-state index in [-0.39, 0.29) is 6.61 Å². The van der Waals surface area contributed by atoms with Crippen molar-refractivity contribution in [2.75, 3.05) is 6.61 Å². The maximum atomic E-state index is 9.15. The van der Waals surface area contributed by atoms with Crippen LogP contribution in [-0.4, -0.2) is 11.7 Å². The van der Waals surface area contributed by atoms with Gasteiger partial charge in [-0.25, -0.2) is 0 Å². The van der Waals surface area contributed by atoms with Gasteiger partial charge in [0.05, 0.1) is 0 Å². The lowest BCUT2D eigenvalue weighted by Gasteiger charge is -2.08. The number of aliphatic hydroxyl groups is 1. The summed E-state index contributed by atoms with van der Waals surface area (Å²) in [7, 11) is 0. The van der Waals surface area contributed by atoms with Crippen LogP contribution in [0, 0.1) is 0 Å². The molecule has 0 spiro atoms. The van der Waals surface area contributed by atoms with E-state index in [0.29, 0.717) is 6.42 Å². The summed E-state index contributed by atoms with van der Waals surface area (Å²) in [4.78, 5) is 0. The minimum absolute atomic E-state index is 0.197. The Kier molecular flexibility index (Phi) is 2.54. The topological polar surface area (TPSA) is 20.2 Å². The van der Waals surface area contributed by atoms with Gasteiger partial charge >= 0.3 is 0 Å². The predicted octanol–water partition coefficient (Wildman–Crippen LogP) is 3.53. The molecule has 84 valence electrons. The van der Waals surface area contributed by atoms with Gasteiger partial charge in [0.1, 0.15) is 0 Å². The highest BCUT2D eigenvalue weighted by atomic mass is 16.2. The Morgan fingerprint density at radius 3 is 2.41 bits per heavy atom. The first-order valence-electron chi connectivity index (χ1n) is 5.90. The number of rotatable bonds is 2. The van der Waals surface area contributed by atoms with Gasteiger partial charge in [0.25, 0.3) is 0 Å². The van der Waals surface area contributed by atoms with Crippen molar-refractivity contribution >= 4 is 21.5 Å². The molecule has 0 aliphatic carbocycles. The van der Waals surface area contributed by atoms with Crippen LogP contribution < -0.4 is 0 Å². The lowest BCUT2D eigenvalue weighted by atomic mass is 9.96. The largest absolute Gasteiger partial charge is 0.396 e. The van der Waals surface area contributed by atoms with E-state index in [9.17, 15) is 0 Å². The molecule has 0 amide bonds. The Morgan fingerprint density at radius 2 is 1.53 bits per heavy atom. The molecule has 17 heavy (non-hydrogen) atoms. The van der Waals surface area contributed by atoms with Gasteiger partial charge in [0.2, 0.25) is 0 Å². The summed E-state index contributed by atoms with van der Waals surface area (Å²) in [5.41, 5.74) is 1.22. The summed E-state index contributed by atoms with van der Waals surface area (Å²) in [6.45, 7) is 0.197. The van der Waals surface area contributed by atoms with E-state index in [4.69, 9.17) is 5.11 Å². The molecule has 1 N–H and O–H groups in total. The number of fused-ring (bicyclic) bond motifs is 3. The van der Waals surface area contributed by atoms with Crippen LogP contribution in [-0.2, 0) is 6.42 Å². The van der Waals surface area contributed by atoms with E-state index >= 15 is 0 Å². The van der Waals surface area contributed by atoms with Gasteiger partial charge in [-0.1, -0.05) is 54.6 Å². The molecule has 0 saturated heterocycles. The zero-order valence-corrected chi connectivity index (χ0v) is 9.56. The molecule has 0 bridgehead atoms. The summed E-state index contributed by atoms with van der Waals surface area (Å²) < 4.78 is 0. The molecule has 1 nitrogen and oxygen atoms in total. The van der Waals surface area contributed by atoms with Crippen LogP contribution in [0.25, 0.3) is 21.5 Å². The first kappa shape index (κ1) is 10.3. The first-order valence-corrected chi connectivity index (χ1v) is 5.90. The van der Waals surface area contributed by atoms with Crippen molar-refractivity contribution in [3.05, 3.63) is 60.2 Å². The van der Waals surface area contributed by atoms with Crippen molar-refractivity contribution in [3.63, 3.8) is 0 Å². The Balaban J connectivity index is 2.45. The van der Waals surface area contributed by atoms with Gasteiger partial charge in [-0.2, -0.15) is 0 Å². The summed E-state index contributed by atoms with van der Waals surface area (Å²) in [6.07, 6.45) is 0.714. The van der Waals surface area contributed by atoms with Crippen LogP contribution in [0.15, 0.2) is 54.6 Å². The molecular weight excluding hydrogens is 208 g/mol. The van der Waals surface area contributed by atoms with E-state index in [1.54, 1.807) is 0 Å². The second kappa shape index (κ2) is 4.19. The highest BCUT2D eigenvalue weighted by molar-refractivity contribution is 6.09. The average Bonchev–Trinajstić information content (AvgIpc) is 2.39. The smallest absolute Gasteiger partial charge is 0.0471 e. The molecule has 1 heteroatoms. The summed E-state index contributed by atoms with van der Waals surface area (Å²) in [5.74, 6) is 0. The molecular formula is C16H14O. The van der Waals surface area contributed by atoms with Crippen molar-refractivity contribution in [2.24, 2.45) is 0 Å². The average molecular weight is 222 g/mol. The molecule has 0 aromatic heterocycles. The highest BCUT2D eigenvalue weighted by Crippen LogP contribution is 2.28. The Hall–Kier alpha value is -1.86. The van der Waals surface area contributed by atoms with Gasteiger partial charge < -0.3 is 5.11 Å². The standard InChI is InChI=1S/C16H14O/c17-11-10-14-6-3-5-13-9-8-12-4-1-2-7-15(12)16(13)14/h1-9,17H,10-11H2. The Morgan fingerprint density at radius 1 is 0.765 bits per heavy atom. The molecule has 0 fully saturated rings. The van der Waals surface area contributed by atoms with Gasteiger partial charge in [-0.05, 0) is 33.5 Å². The molecule has 0 aliphatic heterocycles. The van der Waals surface area contributed by atoms with Gasteiger partial charge in [0, 0.05) is 6.61 Å². The molecule has 0 saturated carbocycles. The van der Waals surface area contributed by atoms with E-state index < -0.39 is 0 Å². The molecule has 0 unspecified atom stereocenters. The number of hydrogen-bond acceptors (Lipinski definition) is 1. The van der Waals surface area contributed by atoms with E-state index in [2.05, 4.69) is 54.6 Å². The van der Waals surface area contributed by atoms with Crippen molar-refractivity contribution < 1.29 is 5.11 Å². The molecule has 0 heterocycles. The van der Waals surface area contributed by atoms with Gasteiger partial charge in [-0.15, -0.1) is 0 Å². The number of benzene rings is 3. The van der Waals surface area contributed by atoms with Crippen molar-refractivity contribution in [2.45, 2.75) is 6.42 Å². The fourth-order valence-corrected chi connectivity index (χ4v) is 2.47. The normalized spacial score (nSPS) is 11.1. The lowest BCUT2D eigenvalue weighted by Crippen LogP contribution is -1.92. The second-order valence-electron chi connectivity index (χ2n) is 4.28. The van der Waals surface area contributed by atoms with E-state index in [1.807, 2.05) is 0 Å². The third kappa shape index (κ3) is 1.69. The third-order valence-electron chi connectivity index (χ3n) is 3.24. The maximum absolute atomic E-state index is 9.15. The van der Waals surface area contributed by atoms with Crippen LogP contribution in [0.2, 0.25) is 0 Å². The third-order valence-corrected chi connectivity index (χ3v) is 3.24. The molecule has 0 atom stereocenters. The summed E-state index contributed by atoms with van der Waals surface area (Å²) in [5, 5.41) is 14.2. The summed E-state index contributed by atoms with van der Waals surface area (Å²) >= 11 is 0. The minimum atomic E-state index is 0.197. The SMILES string of the molecule is OCCc1cccc2ccc3ccccc3c12. The molecule has 0 radical (unpaired) electrons. The summed E-state index contributed by atoms with van der Waals surface area (Å²) in [6, 6.07) is 19.0. The zero-order chi connectivity index (χ0) is 11.7. The fourth-order valence-electron chi connectivity index (χ4n) is 2.47. The van der Waals surface area contributed by atoms with Crippen molar-refractivity contribution in [1.82, 2.24) is 0 Å². The quantitative estimate of drug-likeness (QED) is 0.658. The maximum Gasteiger partial charge on any atom is 0.0471 e. The van der Waals surface area contributed by atoms with Crippen LogP contribution >= 0.6 is 0 Å². The van der Waals surface area contributed by atoms with Crippen LogP contribution in [0.3, 0.4) is 0 Å². The number of hydrogen-bond donors (Lipinski definition) is 1. The Labute approximate surface area is 100 Å². The molecule has 3 rings (SSSR count). The molecule has 3 aromatic carbocycles. The van der Waals surface area contributed by atoms with Crippen LogP contribution in [0.5, 0.6) is 0 Å². The van der Waals surface area contributed by atoms with E-state index in [0.717, 1.165) is 0 Å². The zero-order valence-electron chi connectivity index (χ0n) is 9.56. The van der Waals surface area contributed by atoms with Crippen molar-refractivity contribution in [3.8, 4) is 0 Å². The van der Waals surface area contributed by atoms with Gasteiger partial charge in [-0.3, -0.25) is 0 Å². The predicted molar refractivity (Wildman–Crippen MR) is 72.2 cm³/mol. The molecule has 0 aliphatic rings. The van der Waals surface area contributed by atoms with Crippen molar-refractivity contribution in [1.29, 1.82) is 0 Å². The highest BCUT2D eigenvalue weighted by Gasteiger charge is 2.04.